The van der Waals surface area contributed by atoms with E-state index in [0.717, 1.165) is 5.56 Å². The van der Waals surface area contributed by atoms with Gasteiger partial charge < -0.3 is 14.4 Å². The smallest absolute Gasteiger partial charge is 0.414 e. The molecule has 0 aliphatic carbocycles. The molecule has 0 radical (unpaired) electrons. The summed E-state index contributed by atoms with van der Waals surface area (Å²) >= 11 is 0. The fourth-order valence-corrected chi connectivity index (χ4v) is 1.43. The van der Waals surface area contributed by atoms with Crippen molar-refractivity contribution >= 4 is 12.1 Å². The van der Waals surface area contributed by atoms with Crippen molar-refractivity contribution in [3.8, 4) is 5.75 Å². The number of hydrogen-bond acceptors (Lipinski definition) is 4. The van der Waals surface area contributed by atoms with Crippen molar-refractivity contribution in [1.82, 2.24) is 4.90 Å². The first-order valence-electron chi connectivity index (χ1n) is 6.14. The number of benzene rings is 1. The second-order valence-corrected chi connectivity index (χ2v) is 4.20. The summed E-state index contributed by atoms with van der Waals surface area (Å²) in [5.41, 5.74) is 0.846. The number of carbonyl (C=O) groups excluding carboxylic acids is 2. The highest BCUT2D eigenvalue weighted by molar-refractivity contribution is 5.70. The van der Waals surface area contributed by atoms with E-state index in [2.05, 4.69) is 0 Å². The summed E-state index contributed by atoms with van der Waals surface area (Å²) < 4.78 is 10.2. The van der Waals surface area contributed by atoms with Crippen molar-refractivity contribution in [3.63, 3.8) is 0 Å². The molecule has 5 nitrogen and oxygen atoms in total. The lowest BCUT2D eigenvalue weighted by molar-refractivity contribution is -0.145. The predicted molar refractivity (Wildman–Crippen MR) is 71.0 cm³/mol. The number of rotatable bonds is 4. The van der Waals surface area contributed by atoms with Crippen molar-refractivity contribution in [2.75, 3.05) is 13.6 Å². The molecule has 0 aromatic heterocycles. The van der Waals surface area contributed by atoms with E-state index in [0.29, 0.717) is 12.3 Å². The zero-order valence-electron chi connectivity index (χ0n) is 11.7. The summed E-state index contributed by atoms with van der Waals surface area (Å²) in [6, 6.07) is 6.89. The third-order valence-electron chi connectivity index (χ3n) is 2.68. The first-order valence-corrected chi connectivity index (χ1v) is 6.14. The molecule has 0 aliphatic rings. The van der Waals surface area contributed by atoms with Gasteiger partial charge in [-0.1, -0.05) is 12.1 Å². The number of hydrogen-bond donors (Lipinski definition) is 0. The highest BCUT2D eigenvalue weighted by Crippen LogP contribution is 2.20. The quantitative estimate of drug-likeness (QED) is 0.785. The maximum Gasteiger partial charge on any atom is 0.414 e. The topological polar surface area (TPSA) is 55.8 Å². The third-order valence-corrected chi connectivity index (χ3v) is 2.68. The summed E-state index contributed by atoms with van der Waals surface area (Å²) in [6.07, 6.45) is -0.719. The van der Waals surface area contributed by atoms with E-state index in [1.807, 2.05) is 6.92 Å². The third kappa shape index (κ3) is 4.62. The highest BCUT2D eigenvalue weighted by Gasteiger charge is 2.11. The van der Waals surface area contributed by atoms with E-state index in [4.69, 9.17) is 9.47 Å². The van der Waals surface area contributed by atoms with Gasteiger partial charge in [0, 0.05) is 20.5 Å². The van der Waals surface area contributed by atoms with Crippen molar-refractivity contribution < 1.29 is 19.1 Å². The zero-order valence-corrected chi connectivity index (χ0v) is 11.7. The van der Waals surface area contributed by atoms with Crippen LogP contribution in [0.25, 0.3) is 0 Å². The van der Waals surface area contributed by atoms with Crippen LogP contribution in [0, 0.1) is 0 Å². The van der Waals surface area contributed by atoms with E-state index in [-0.39, 0.29) is 12.1 Å². The summed E-state index contributed by atoms with van der Waals surface area (Å²) in [5, 5.41) is 0. The molecular weight excluding hydrogens is 246 g/mol. The van der Waals surface area contributed by atoms with Crippen LogP contribution in [0.4, 0.5) is 4.79 Å². The molecule has 1 atom stereocenters. The molecule has 0 heterocycles. The monoisotopic (exact) mass is 265 g/mol. The molecule has 5 heteroatoms. The normalized spacial score (nSPS) is 11.6. The van der Waals surface area contributed by atoms with Gasteiger partial charge in [-0.05, 0) is 31.5 Å². The van der Waals surface area contributed by atoms with Crippen molar-refractivity contribution in [3.05, 3.63) is 29.8 Å². The number of carbonyl (C=O) groups is 2. The van der Waals surface area contributed by atoms with Crippen LogP contribution in [0.2, 0.25) is 0 Å². The number of amides is 1. The second-order valence-electron chi connectivity index (χ2n) is 4.20. The Kier molecular flexibility index (Phi) is 5.36. The maximum absolute atomic E-state index is 11.5. The number of esters is 1. The molecular formula is C14H19NO4. The fraction of sp³-hybridized carbons (Fsp3) is 0.429. The van der Waals surface area contributed by atoms with Gasteiger partial charge in [0.2, 0.25) is 0 Å². The van der Waals surface area contributed by atoms with Gasteiger partial charge in [-0.2, -0.15) is 0 Å². The van der Waals surface area contributed by atoms with Gasteiger partial charge in [0.25, 0.3) is 0 Å². The van der Waals surface area contributed by atoms with E-state index >= 15 is 0 Å². The van der Waals surface area contributed by atoms with E-state index in [1.54, 1.807) is 38.2 Å². The Balaban J connectivity index is 2.66. The van der Waals surface area contributed by atoms with Gasteiger partial charge in [-0.3, -0.25) is 4.79 Å². The minimum atomic E-state index is -0.400. The fourth-order valence-electron chi connectivity index (χ4n) is 1.43. The Morgan fingerprint density at radius 1 is 1.26 bits per heavy atom. The van der Waals surface area contributed by atoms with Crippen LogP contribution < -0.4 is 4.74 Å². The van der Waals surface area contributed by atoms with Crippen LogP contribution >= 0.6 is 0 Å². The minimum absolute atomic E-state index is 0.319. The highest BCUT2D eigenvalue weighted by atomic mass is 16.6. The maximum atomic E-state index is 11.5. The second kappa shape index (κ2) is 6.78. The van der Waals surface area contributed by atoms with Gasteiger partial charge >= 0.3 is 12.1 Å². The molecule has 0 bridgehead atoms. The molecule has 0 saturated carbocycles. The van der Waals surface area contributed by atoms with Crippen molar-refractivity contribution in [2.45, 2.75) is 26.9 Å². The lowest BCUT2D eigenvalue weighted by Gasteiger charge is -2.15. The Morgan fingerprint density at radius 2 is 1.84 bits per heavy atom. The molecule has 0 aliphatic heterocycles. The average Bonchev–Trinajstić information content (AvgIpc) is 2.37. The molecule has 0 fully saturated rings. The van der Waals surface area contributed by atoms with Crippen molar-refractivity contribution in [1.29, 1.82) is 0 Å². The molecule has 0 spiro atoms. The Morgan fingerprint density at radius 3 is 2.32 bits per heavy atom. The van der Waals surface area contributed by atoms with Crippen LogP contribution in [0.1, 0.15) is 32.4 Å². The summed E-state index contributed by atoms with van der Waals surface area (Å²) in [4.78, 5) is 23.9. The summed E-state index contributed by atoms with van der Waals surface area (Å²) in [6.45, 7) is 5.60. The van der Waals surface area contributed by atoms with Crippen LogP contribution in [0.15, 0.2) is 24.3 Å². The standard InChI is InChI=1S/C14H19NO4/c1-5-15(4)14(17)19-13-8-6-12(7-9-13)10(2)18-11(3)16/h6-10H,5H2,1-4H3. The lowest BCUT2D eigenvalue weighted by atomic mass is 10.1. The van der Waals surface area contributed by atoms with Crippen LogP contribution in [-0.2, 0) is 9.53 Å². The Labute approximate surface area is 113 Å². The van der Waals surface area contributed by atoms with Gasteiger partial charge in [0.1, 0.15) is 11.9 Å². The van der Waals surface area contributed by atoms with Gasteiger partial charge in [-0.15, -0.1) is 0 Å². The molecule has 1 rings (SSSR count). The Bertz CT molecular complexity index is 441. The number of ether oxygens (including phenoxy) is 2. The first-order chi connectivity index (χ1) is 8.93. The van der Waals surface area contributed by atoms with Crippen LogP contribution in [0.3, 0.4) is 0 Å². The van der Waals surface area contributed by atoms with Crippen LogP contribution in [-0.4, -0.2) is 30.6 Å². The average molecular weight is 265 g/mol. The molecule has 1 unspecified atom stereocenters. The lowest BCUT2D eigenvalue weighted by Crippen LogP contribution is -2.29. The molecule has 0 saturated heterocycles. The van der Waals surface area contributed by atoms with Gasteiger partial charge in [0.05, 0.1) is 0 Å². The van der Waals surface area contributed by atoms with E-state index < -0.39 is 6.09 Å². The van der Waals surface area contributed by atoms with E-state index in [9.17, 15) is 9.59 Å². The van der Waals surface area contributed by atoms with Gasteiger partial charge in [0.15, 0.2) is 0 Å². The number of nitrogens with zero attached hydrogens (tertiary/aromatic N) is 1. The molecule has 1 amide bonds. The van der Waals surface area contributed by atoms with E-state index in [1.165, 1.54) is 11.8 Å². The predicted octanol–water partition coefficient (Wildman–Crippen LogP) is 2.76. The zero-order chi connectivity index (χ0) is 14.4. The van der Waals surface area contributed by atoms with Crippen LogP contribution in [0.5, 0.6) is 5.75 Å². The molecule has 1 aromatic carbocycles. The molecule has 19 heavy (non-hydrogen) atoms. The molecule has 104 valence electrons. The SMILES string of the molecule is CCN(C)C(=O)Oc1ccc(C(C)OC(C)=O)cc1. The summed E-state index contributed by atoms with van der Waals surface area (Å²) in [5.74, 6) is 0.136. The minimum Gasteiger partial charge on any atom is -0.458 e. The van der Waals surface area contributed by atoms with Crippen molar-refractivity contribution in [2.24, 2.45) is 0 Å². The Hall–Kier alpha value is -2.04. The molecule has 1 aromatic rings. The summed E-state index contributed by atoms with van der Waals surface area (Å²) in [7, 11) is 1.67. The molecule has 0 N–H and O–H groups in total. The first kappa shape index (κ1) is 15.0. The van der Waals surface area contributed by atoms with Gasteiger partial charge in [-0.25, -0.2) is 4.79 Å². The largest absolute Gasteiger partial charge is 0.458 e.